The van der Waals surface area contributed by atoms with Gasteiger partial charge in [0.2, 0.25) is 0 Å². The molecule has 126 valence electrons. The highest BCUT2D eigenvalue weighted by Crippen LogP contribution is 2.29. The van der Waals surface area contributed by atoms with E-state index in [1.54, 1.807) is 0 Å². The van der Waals surface area contributed by atoms with Crippen molar-refractivity contribution in [2.24, 2.45) is 11.3 Å². The second-order valence-corrected chi connectivity index (χ2v) is 8.38. The molecule has 0 fully saturated rings. The van der Waals surface area contributed by atoms with Crippen LogP contribution in [0.15, 0.2) is 0 Å². The Morgan fingerprint density at radius 3 is 2.05 bits per heavy atom. The largest absolute Gasteiger partial charge is 0.342 e. The van der Waals surface area contributed by atoms with Gasteiger partial charge in [-0.3, -0.25) is 4.89 Å². The van der Waals surface area contributed by atoms with Crippen molar-refractivity contribution in [2.45, 2.75) is 99.0 Å². The van der Waals surface area contributed by atoms with Crippen LogP contribution in [0.1, 0.15) is 93.4 Å². The van der Waals surface area contributed by atoms with Crippen molar-refractivity contribution in [3.63, 3.8) is 0 Å². The van der Waals surface area contributed by atoms with Gasteiger partial charge in [0.25, 0.3) is 0 Å². The molecule has 3 nitrogen and oxygen atoms in total. The van der Waals surface area contributed by atoms with Gasteiger partial charge in [0, 0.05) is 6.42 Å². The quantitative estimate of drug-likeness (QED) is 0.296. The number of carbonyl (C=O) groups excluding carboxylic acids is 1. The highest BCUT2D eigenvalue weighted by atomic mass is 17.2. The van der Waals surface area contributed by atoms with Gasteiger partial charge < -0.3 is 0 Å². The Bertz CT molecular complexity index is 287. The molecule has 21 heavy (non-hydrogen) atoms. The van der Waals surface area contributed by atoms with Crippen LogP contribution in [-0.2, 0) is 14.6 Å². The first kappa shape index (κ1) is 20.4. The summed E-state index contributed by atoms with van der Waals surface area (Å²) < 4.78 is 0. The van der Waals surface area contributed by atoms with Crippen molar-refractivity contribution in [3.05, 3.63) is 0 Å². The molecule has 0 saturated heterocycles. The van der Waals surface area contributed by atoms with E-state index in [1.165, 1.54) is 19.3 Å². The molecule has 0 bridgehead atoms. The van der Waals surface area contributed by atoms with Crippen LogP contribution < -0.4 is 0 Å². The van der Waals surface area contributed by atoms with Gasteiger partial charge in [-0.15, -0.1) is 0 Å². The molecule has 0 aromatic heterocycles. The molecule has 0 aliphatic heterocycles. The average Bonchev–Trinajstić information content (AvgIpc) is 2.27. The summed E-state index contributed by atoms with van der Waals surface area (Å²) in [5, 5.41) is 0. The summed E-state index contributed by atoms with van der Waals surface area (Å²) in [4.78, 5) is 21.9. The summed E-state index contributed by atoms with van der Waals surface area (Å²) in [7, 11) is 0. The Labute approximate surface area is 131 Å². The molecule has 0 N–H and O–H groups in total. The predicted octanol–water partition coefficient (Wildman–Crippen LogP) is 5.67. The lowest BCUT2D eigenvalue weighted by Crippen LogP contribution is -2.31. The molecular formula is C18H36O3. The molecule has 0 unspecified atom stereocenters. The van der Waals surface area contributed by atoms with Crippen LogP contribution in [0.3, 0.4) is 0 Å². The Kier molecular flexibility index (Phi) is 9.19. The van der Waals surface area contributed by atoms with Crippen LogP contribution in [-0.4, -0.2) is 11.6 Å². The van der Waals surface area contributed by atoms with Crippen molar-refractivity contribution >= 4 is 5.97 Å². The minimum atomic E-state index is -0.439. The fraction of sp³-hybridized carbons (Fsp3) is 0.944. The number of carbonyl (C=O) groups is 1. The van der Waals surface area contributed by atoms with Crippen molar-refractivity contribution in [3.8, 4) is 0 Å². The zero-order chi connectivity index (χ0) is 16.5. The smallest absolute Gasteiger partial charge is 0.298 e. The summed E-state index contributed by atoms with van der Waals surface area (Å²) >= 11 is 0. The van der Waals surface area contributed by atoms with Crippen LogP contribution in [0.2, 0.25) is 0 Å². The van der Waals surface area contributed by atoms with Crippen LogP contribution in [0.4, 0.5) is 0 Å². The molecule has 0 spiro atoms. The van der Waals surface area contributed by atoms with E-state index in [0.717, 1.165) is 25.2 Å². The van der Waals surface area contributed by atoms with E-state index in [1.807, 2.05) is 13.8 Å². The van der Waals surface area contributed by atoms with Crippen LogP contribution in [0.5, 0.6) is 0 Å². The number of unbranched alkanes of at least 4 members (excludes halogenated alkanes) is 3. The lowest BCUT2D eigenvalue weighted by Gasteiger charge is -2.30. The highest BCUT2D eigenvalue weighted by Gasteiger charge is 2.28. The standard InChI is InChI=1S/C18H36O3/c1-15(2)12-10-8-9-11-13-16(19)20-21-18(6,7)14-17(3,4)5/h15H,8-14H2,1-7H3. The Hall–Kier alpha value is -0.570. The van der Waals surface area contributed by atoms with E-state index >= 15 is 0 Å². The minimum Gasteiger partial charge on any atom is -0.298 e. The van der Waals surface area contributed by atoms with Crippen molar-refractivity contribution < 1.29 is 14.6 Å². The molecule has 3 heteroatoms. The van der Waals surface area contributed by atoms with Gasteiger partial charge in [0.05, 0.1) is 0 Å². The van der Waals surface area contributed by atoms with Crippen LogP contribution in [0.25, 0.3) is 0 Å². The minimum absolute atomic E-state index is 0.145. The molecule has 0 atom stereocenters. The number of rotatable bonds is 10. The third-order valence-electron chi connectivity index (χ3n) is 3.23. The van der Waals surface area contributed by atoms with Gasteiger partial charge >= 0.3 is 5.97 Å². The van der Waals surface area contributed by atoms with E-state index in [2.05, 4.69) is 34.6 Å². The second-order valence-electron chi connectivity index (χ2n) is 8.38. The van der Waals surface area contributed by atoms with E-state index in [9.17, 15) is 4.79 Å². The van der Waals surface area contributed by atoms with Gasteiger partial charge in [-0.05, 0) is 38.0 Å². The second kappa shape index (κ2) is 9.45. The zero-order valence-corrected chi connectivity index (χ0v) is 15.3. The van der Waals surface area contributed by atoms with Crippen LogP contribution >= 0.6 is 0 Å². The summed E-state index contributed by atoms with van der Waals surface area (Å²) in [6.45, 7) is 14.8. The van der Waals surface area contributed by atoms with Crippen LogP contribution in [0, 0.1) is 11.3 Å². The summed E-state index contributed by atoms with van der Waals surface area (Å²) in [6.07, 6.45) is 6.99. The van der Waals surface area contributed by atoms with Gasteiger partial charge in [0.1, 0.15) is 5.60 Å². The fourth-order valence-corrected chi connectivity index (χ4v) is 2.68. The molecule has 0 aromatic carbocycles. The monoisotopic (exact) mass is 300 g/mol. The maximum Gasteiger partial charge on any atom is 0.342 e. The lowest BCUT2D eigenvalue weighted by molar-refractivity contribution is -0.329. The maximum absolute atomic E-state index is 11.6. The normalized spacial score (nSPS) is 12.8. The third-order valence-corrected chi connectivity index (χ3v) is 3.23. The molecule has 0 heterocycles. The fourth-order valence-electron chi connectivity index (χ4n) is 2.68. The molecular weight excluding hydrogens is 264 g/mol. The van der Waals surface area contributed by atoms with Gasteiger partial charge in [-0.2, -0.15) is 4.89 Å². The summed E-state index contributed by atoms with van der Waals surface area (Å²) in [6, 6.07) is 0. The van der Waals surface area contributed by atoms with E-state index in [4.69, 9.17) is 9.78 Å². The van der Waals surface area contributed by atoms with E-state index < -0.39 is 5.60 Å². The molecule has 0 radical (unpaired) electrons. The third kappa shape index (κ3) is 14.1. The van der Waals surface area contributed by atoms with E-state index in [-0.39, 0.29) is 11.4 Å². The average molecular weight is 300 g/mol. The zero-order valence-electron chi connectivity index (χ0n) is 15.3. The first-order valence-corrected chi connectivity index (χ1v) is 8.40. The predicted molar refractivity (Wildman–Crippen MR) is 87.9 cm³/mol. The summed E-state index contributed by atoms with van der Waals surface area (Å²) in [5.41, 5.74) is -0.294. The number of hydrogen-bond acceptors (Lipinski definition) is 3. The Morgan fingerprint density at radius 2 is 1.52 bits per heavy atom. The number of hydrogen-bond donors (Lipinski definition) is 0. The molecule has 0 amide bonds. The van der Waals surface area contributed by atoms with Gasteiger partial charge in [-0.1, -0.05) is 60.3 Å². The lowest BCUT2D eigenvalue weighted by atomic mass is 9.84. The van der Waals surface area contributed by atoms with Gasteiger partial charge in [-0.25, -0.2) is 4.79 Å². The first-order valence-electron chi connectivity index (χ1n) is 8.40. The molecule has 0 aromatic rings. The van der Waals surface area contributed by atoms with Crippen molar-refractivity contribution in [1.29, 1.82) is 0 Å². The topological polar surface area (TPSA) is 35.5 Å². The van der Waals surface area contributed by atoms with Gasteiger partial charge in [0.15, 0.2) is 0 Å². The summed E-state index contributed by atoms with van der Waals surface area (Å²) in [5.74, 6) is 0.522. The Balaban J connectivity index is 3.71. The first-order chi connectivity index (χ1) is 9.52. The van der Waals surface area contributed by atoms with Crippen molar-refractivity contribution in [1.82, 2.24) is 0 Å². The SMILES string of the molecule is CC(C)CCCCCCC(=O)OOC(C)(C)CC(C)(C)C. The Morgan fingerprint density at radius 1 is 0.952 bits per heavy atom. The van der Waals surface area contributed by atoms with E-state index in [0.29, 0.717) is 6.42 Å². The molecule has 0 aliphatic carbocycles. The highest BCUT2D eigenvalue weighted by molar-refractivity contribution is 5.68. The molecule has 0 aliphatic rings. The van der Waals surface area contributed by atoms with Crippen molar-refractivity contribution in [2.75, 3.05) is 0 Å². The maximum atomic E-state index is 11.6. The molecule has 0 saturated carbocycles. The molecule has 0 rings (SSSR count).